The van der Waals surface area contributed by atoms with Crippen LogP contribution < -0.4 is 5.32 Å². The number of hydrogen-bond acceptors (Lipinski definition) is 3. The molecule has 1 aliphatic carbocycles. The predicted octanol–water partition coefficient (Wildman–Crippen LogP) is 2.34. The summed E-state index contributed by atoms with van der Waals surface area (Å²) in [5.41, 5.74) is 2.01. The SMILES string of the molecule is Cn1cccc1C(=O)NCCC1CN(C2CCCC2)Cc2ccnn21. The number of aromatic nitrogens is 3. The van der Waals surface area contributed by atoms with Crippen molar-refractivity contribution < 1.29 is 4.79 Å². The molecule has 1 unspecified atom stereocenters. The molecule has 25 heavy (non-hydrogen) atoms. The lowest BCUT2D eigenvalue weighted by atomic mass is 10.1. The first-order chi connectivity index (χ1) is 12.2. The van der Waals surface area contributed by atoms with Crippen LogP contribution in [0.4, 0.5) is 0 Å². The fourth-order valence-electron chi connectivity index (χ4n) is 4.32. The zero-order chi connectivity index (χ0) is 17.2. The second-order valence-corrected chi connectivity index (χ2v) is 7.34. The van der Waals surface area contributed by atoms with Gasteiger partial charge in [0, 0.05) is 45.1 Å². The molecule has 2 aromatic rings. The largest absolute Gasteiger partial charge is 0.351 e. The summed E-state index contributed by atoms with van der Waals surface area (Å²) in [6, 6.07) is 6.95. The van der Waals surface area contributed by atoms with Gasteiger partial charge in [0.15, 0.2) is 0 Å². The number of amides is 1. The maximum Gasteiger partial charge on any atom is 0.267 e. The molecular formula is C19H27N5O. The second kappa shape index (κ2) is 7.04. The zero-order valence-corrected chi connectivity index (χ0v) is 14.9. The molecule has 0 aromatic carbocycles. The molecule has 6 heteroatoms. The summed E-state index contributed by atoms with van der Waals surface area (Å²) in [6.07, 6.45) is 10.1. The van der Waals surface area contributed by atoms with E-state index in [2.05, 4.69) is 26.1 Å². The Morgan fingerprint density at radius 3 is 2.92 bits per heavy atom. The van der Waals surface area contributed by atoms with E-state index in [-0.39, 0.29) is 5.91 Å². The summed E-state index contributed by atoms with van der Waals surface area (Å²) < 4.78 is 4.02. The summed E-state index contributed by atoms with van der Waals surface area (Å²) in [5.74, 6) is -0.00310. The van der Waals surface area contributed by atoms with Gasteiger partial charge in [0.2, 0.25) is 0 Å². The predicted molar refractivity (Wildman–Crippen MR) is 96.3 cm³/mol. The first-order valence-corrected chi connectivity index (χ1v) is 9.38. The number of carbonyl (C=O) groups is 1. The third kappa shape index (κ3) is 3.35. The van der Waals surface area contributed by atoms with Crippen LogP contribution in [0.25, 0.3) is 0 Å². The molecule has 6 nitrogen and oxygen atoms in total. The summed E-state index contributed by atoms with van der Waals surface area (Å²) >= 11 is 0. The van der Waals surface area contributed by atoms with Gasteiger partial charge in [-0.05, 0) is 37.5 Å². The lowest BCUT2D eigenvalue weighted by molar-refractivity contribution is 0.0932. The van der Waals surface area contributed by atoms with Gasteiger partial charge in [-0.1, -0.05) is 12.8 Å². The minimum atomic E-state index is -0.00310. The minimum absolute atomic E-state index is 0.00310. The lowest BCUT2D eigenvalue weighted by Gasteiger charge is -2.37. The standard InChI is InChI=1S/C19H27N5O/c1-22-12-4-7-18(22)19(25)20-10-8-16-13-23(15-5-2-3-6-15)14-17-9-11-21-24(16)17/h4,7,9,11-12,15-16H,2-3,5-6,8,10,13-14H2,1H3,(H,20,25). The molecule has 4 rings (SSSR count). The maximum atomic E-state index is 12.3. The van der Waals surface area contributed by atoms with Gasteiger partial charge < -0.3 is 9.88 Å². The van der Waals surface area contributed by atoms with Gasteiger partial charge in [-0.3, -0.25) is 14.4 Å². The Kier molecular flexibility index (Phi) is 4.61. The molecule has 0 bridgehead atoms. The first kappa shape index (κ1) is 16.4. The second-order valence-electron chi connectivity index (χ2n) is 7.34. The monoisotopic (exact) mass is 341 g/mol. The highest BCUT2D eigenvalue weighted by Crippen LogP contribution is 2.30. The molecule has 1 saturated carbocycles. The van der Waals surface area contributed by atoms with E-state index in [0.29, 0.717) is 18.3 Å². The minimum Gasteiger partial charge on any atom is -0.351 e. The molecule has 1 N–H and O–H groups in total. The summed E-state index contributed by atoms with van der Waals surface area (Å²) in [5, 5.41) is 7.60. The third-order valence-corrected chi connectivity index (χ3v) is 5.69. The molecule has 1 amide bonds. The van der Waals surface area contributed by atoms with Crippen LogP contribution in [0.15, 0.2) is 30.6 Å². The first-order valence-electron chi connectivity index (χ1n) is 9.38. The van der Waals surface area contributed by atoms with Crippen molar-refractivity contribution in [3.05, 3.63) is 42.0 Å². The molecule has 0 saturated heterocycles. The van der Waals surface area contributed by atoms with Crippen molar-refractivity contribution in [3.8, 4) is 0 Å². The van der Waals surface area contributed by atoms with Crippen LogP contribution in [-0.4, -0.2) is 44.3 Å². The molecule has 134 valence electrons. The van der Waals surface area contributed by atoms with Crippen LogP contribution >= 0.6 is 0 Å². The van der Waals surface area contributed by atoms with Crippen LogP contribution in [0.5, 0.6) is 0 Å². The number of nitrogens with zero attached hydrogens (tertiary/aromatic N) is 4. The number of aryl methyl sites for hydroxylation is 1. The van der Waals surface area contributed by atoms with Gasteiger partial charge in [-0.15, -0.1) is 0 Å². The highest BCUT2D eigenvalue weighted by Gasteiger charge is 2.31. The number of rotatable bonds is 5. The molecule has 2 aromatic heterocycles. The smallest absolute Gasteiger partial charge is 0.267 e. The van der Waals surface area contributed by atoms with Crippen molar-refractivity contribution in [3.63, 3.8) is 0 Å². The highest BCUT2D eigenvalue weighted by atomic mass is 16.1. The molecule has 1 aliphatic heterocycles. The topological polar surface area (TPSA) is 55.1 Å². The van der Waals surface area contributed by atoms with Gasteiger partial charge in [-0.2, -0.15) is 5.10 Å². The van der Waals surface area contributed by atoms with Crippen LogP contribution in [0.3, 0.4) is 0 Å². The quantitative estimate of drug-likeness (QED) is 0.908. The van der Waals surface area contributed by atoms with E-state index >= 15 is 0 Å². The van der Waals surface area contributed by atoms with Crippen molar-refractivity contribution in [1.29, 1.82) is 0 Å². The zero-order valence-electron chi connectivity index (χ0n) is 14.9. The highest BCUT2D eigenvalue weighted by molar-refractivity contribution is 5.92. The molecule has 0 radical (unpaired) electrons. The van der Waals surface area contributed by atoms with E-state index in [4.69, 9.17) is 0 Å². The van der Waals surface area contributed by atoms with Crippen molar-refractivity contribution in [1.82, 2.24) is 24.6 Å². The van der Waals surface area contributed by atoms with Gasteiger partial charge >= 0.3 is 0 Å². The van der Waals surface area contributed by atoms with Crippen molar-refractivity contribution in [2.75, 3.05) is 13.1 Å². The average Bonchev–Trinajstić information content (AvgIpc) is 3.35. The van der Waals surface area contributed by atoms with Gasteiger partial charge in [-0.25, -0.2) is 0 Å². The van der Waals surface area contributed by atoms with Crippen molar-refractivity contribution in [2.24, 2.45) is 7.05 Å². The number of hydrogen-bond donors (Lipinski definition) is 1. The van der Waals surface area contributed by atoms with Crippen LogP contribution in [0.2, 0.25) is 0 Å². The number of nitrogens with one attached hydrogen (secondary N) is 1. The summed E-state index contributed by atoms with van der Waals surface area (Å²) in [7, 11) is 1.89. The Morgan fingerprint density at radius 2 is 2.16 bits per heavy atom. The molecule has 1 atom stereocenters. The van der Waals surface area contributed by atoms with Crippen LogP contribution in [0, 0.1) is 0 Å². The Balaban J connectivity index is 1.37. The summed E-state index contributed by atoms with van der Waals surface area (Å²) in [4.78, 5) is 14.9. The van der Waals surface area contributed by atoms with Gasteiger partial charge in [0.25, 0.3) is 5.91 Å². The maximum absolute atomic E-state index is 12.3. The molecule has 0 spiro atoms. The lowest BCUT2D eigenvalue weighted by Crippen LogP contribution is -2.43. The van der Waals surface area contributed by atoms with E-state index in [9.17, 15) is 4.79 Å². The van der Waals surface area contributed by atoms with E-state index in [1.54, 1.807) is 0 Å². The van der Waals surface area contributed by atoms with E-state index in [0.717, 1.165) is 25.6 Å². The fourth-order valence-corrected chi connectivity index (χ4v) is 4.32. The molecular weight excluding hydrogens is 314 g/mol. The Bertz CT molecular complexity index is 728. The Hall–Kier alpha value is -2.08. The van der Waals surface area contributed by atoms with Crippen molar-refractivity contribution in [2.45, 2.75) is 50.7 Å². The fraction of sp³-hybridized carbons (Fsp3) is 0.579. The summed E-state index contributed by atoms with van der Waals surface area (Å²) in [6.45, 7) is 2.72. The van der Waals surface area contributed by atoms with E-state index in [1.165, 1.54) is 31.4 Å². The number of carbonyl (C=O) groups excluding carboxylic acids is 1. The van der Waals surface area contributed by atoms with E-state index < -0.39 is 0 Å². The molecule has 2 aliphatic rings. The van der Waals surface area contributed by atoms with Crippen LogP contribution in [-0.2, 0) is 13.6 Å². The number of fused-ring (bicyclic) bond motifs is 1. The van der Waals surface area contributed by atoms with E-state index in [1.807, 2.05) is 36.1 Å². The Labute approximate surface area is 148 Å². The third-order valence-electron chi connectivity index (χ3n) is 5.69. The normalized spacial score (nSPS) is 21.4. The van der Waals surface area contributed by atoms with Gasteiger partial charge in [0.1, 0.15) is 5.69 Å². The average molecular weight is 341 g/mol. The van der Waals surface area contributed by atoms with Crippen LogP contribution in [0.1, 0.15) is 54.3 Å². The molecule has 3 heterocycles. The Morgan fingerprint density at radius 1 is 1.32 bits per heavy atom. The van der Waals surface area contributed by atoms with Gasteiger partial charge in [0.05, 0.1) is 11.7 Å². The molecule has 1 fully saturated rings. The van der Waals surface area contributed by atoms with Crippen molar-refractivity contribution >= 4 is 5.91 Å².